The predicted octanol–water partition coefficient (Wildman–Crippen LogP) is 2.14. The summed E-state index contributed by atoms with van der Waals surface area (Å²) in [7, 11) is 0. The Balaban J connectivity index is 3.08. The number of nitrogens with one attached hydrogen (secondary N) is 1. The standard InChI is InChI=1S/C14H20ClN3O2/c1-13(2,14(3,4)17)12(20)18-10-7-8(11(16)19)5-6-9(10)15/h5-7H,17H2,1-4H3,(H2,16,19)(H,18,20). The maximum Gasteiger partial charge on any atom is 0.248 e. The number of carbonyl (C=O) groups excluding carboxylic acids is 2. The predicted molar refractivity (Wildman–Crippen MR) is 80.6 cm³/mol. The van der Waals surface area contributed by atoms with E-state index in [9.17, 15) is 9.59 Å². The van der Waals surface area contributed by atoms with E-state index < -0.39 is 16.9 Å². The van der Waals surface area contributed by atoms with Crippen LogP contribution in [0, 0.1) is 5.41 Å². The number of carbonyl (C=O) groups is 2. The molecule has 0 aliphatic carbocycles. The van der Waals surface area contributed by atoms with E-state index >= 15 is 0 Å². The van der Waals surface area contributed by atoms with Gasteiger partial charge in [0.05, 0.1) is 16.1 Å². The summed E-state index contributed by atoms with van der Waals surface area (Å²) >= 11 is 6.01. The Morgan fingerprint density at radius 2 is 1.75 bits per heavy atom. The molecule has 0 atom stereocenters. The zero-order valence-electron chi connectivity index (χ0n) is 12.1. The summed E-state index contributed by atoms with van der Waals surface area (Å²) < 4.78 is 0. The smallest absolute Gasteiger partial charge is 0.248 e. The van der Waals surface area contributed by atoms with Gasteiger partial charge in [-0.25, -0.2) is 0 Å². The van der Waals surface area contributed by atoms with E-state index in [4.69, 9.17) is 23.1 Å². The molecule has 5 N–H and O–H groups in total. The van der Waals surface area contributed by atoms with Gasteiger partial charge in [0.2, 0.25) is 11.8 Å². The minimum Gasteiger partial charge on any atom is -0.366 e. The van der Waals surface area contributed by atoms with Crippen LogP contribution in [-0.2, 0) is 4.79 Å². The first-order valence-corrected chi connectivity index (χ1v) is 6.54. The quantitative estimate of drug-likeness (QED) is 0.794. The lowest BCUT2D eigenvalue weighted by molar-refractivity contribution is -0.126. The second kappa shape index (κ2) is 5.42. The number of hydrogen-bond acceptors (Lipinski definition) is 3. The lowest BCUT2D eigenvalue weighted by Gasteiger charge is -2.37. The Kier molecular flexibility index (Phi) is 4.46. The van der Waals surface area contributed by atoms with E-state index in [1.54, 1.807) is 27.7 Å². The van der Waals surface area contributed by atoms with Gasteiger partial charge in [-0.05, 0) is 45.9 Å². The lowest BCUT2D eigenvalue weighted by atomic mass is 9.74. The minimum atomic E-state index is -0.820. The van der Waals surface area contributed by atoms with Gasteiger partial charge in [-0.15, -0.1) is 0 Å². The van der Waals surface area contributed by atoms with Gasteiger partial charge in [0.1, 0.15) is 0 Å². The van der Waals surface area contributed by atoms with Crippen molar-refractivity contribution in [1.29, 1.82) is 0 Å². The van der Waals surface area contributed by atoms with Gasteiger partial charge in [0.15, 0.2) is 0 Å². The van der Waals surface area contributed by atoms with Crippen molar-refractivity contribution in [3.63, 3.8) is 0 Å². The van der Waals surface area contributed by atoms with E-state index in [2.05, 4.69) is 5.32 Å². The molecule has 0 radical (unpaired) electrons. The van der Waals surface area contributed by atoms with Crippen LogP contribution in [0.3, 0.4) is 0 Å². The van der Waals surface area contributed by atoms with Crippen molar-refractivity contribution in [3.8, 4) is 0 Å². The Morgan fingerprint density at radius 3 is 2.20 bits per heavy atom. The van der Waals surface area contributed by atoms with E-state index in [0.717, 1.165) is 0 Å². The highest BCUT2D eigenvalue weighted by atomic mass is 35.5. The molecule has 0 heterocycles. The number of benzene rings is 1. The Morgan fingerprint density at radius 1 is 1.20 bits per heavy atom. The summed E-state index contributed by atoms with van der Waals surface area (Å²) in [5, 5.41) is 3.02. The van der Waals surface area contributed by atoms with Gasteiger partial charge in [0.25, 0.3) is 0 Å². The van der Waals surface area contributed by atoms with Crippen LogP contribution in [0.1, 0.15) is 38.1 Å². The van der Waals surface area contributed by atoms with Crippen LogP contribution >= 0.6 is 11.6 Å². The fraction of sp³-hybridized carbons (Fsp3) is 0.429. The van der Waals surface area contributed by atoms with Gasteiger partial charge in [-0.1, -0.05) is 11.6 Å². The lowest BCUT2D eigenvalue weighted by Crippen LogP contribution is -2.53. The Bertz CT molecular complexity index is 548. The molecule has 0 spiro atoms. The molecule has 2 amide bonds. The fourth-order valence-corrected chi connectivity index (χ4v) is 1.51. The largest absolute Gasteiger partial charge is 0.366 e. The highest BCUT2D eigenvalue weighted by Gasteiger charge is 2.40. The van der Waals surface area contributed by atoms with Crippen molar-refractivity contribution in [2.75, 3.05) is 5.32 Å². The Hall–Kier alpha value is -1.59. The monoisotopic (exact) mass is 297 g/mol. The number of nitrogens with two attached hydrogens (primary N) is 2. The molecule has 0 aliphatic heterocycles. The third-order valence-electron chi connectivity index (χ3n) is 3.68. The Labute approximate surface area is 123 Å². The highest BCUT2D eigenvalue weighted by Crippen LogP contribution is 2.31. The van der Waals surface area contributed by atoms with Gasteiger partial charge in [-0.3, -0.25) is 9.59 Å². The number of rotatable bonds is 4. The third kappa shape index (κ3) is 3.29. The van der Waals surface area contributed by atoms with Crippen LogP contribution in [0.4, 0.5) is 5.69 Å². The molecule has 0 saturated carbocycles. The average molecular weight is 298 g/mol. The third-order valence-corrected chi connectivity index (χ3v) is 4.01. The van der Waals surface area contributed by atoms with E-state index in [1.807, 2.05) is 0 Å². The maximum absolute atomic E-state index is 12.3. The molecule has 0 fully saturated rings. The van der Waals surface area contributed by atoms with Gasteiger partial charge in [0, 0.05) is 11.1 Å². The van der Waals surface area contributed by atoms with Crippen LogP contribution in [0.5, 0.6) is 0 Å². The van der Waals surface area contributed by atoms with Crippen molar-refractivity contribution < 1.29 is 9.59 Å². The van der Waals surface area contributed by atoms with E-state index in [1.165, 1.54) is 18.2 Å². The minimum absolute atomic E-state index is 0.273. The first-order chi connectivity index (χ1) is 8.96. The fourth-order valence-electron chi connectivity index (χ4n) is 1.35. The van der Waals surface area contributed by atoms with E-state index in [0.29, 0.717) is 10.7 Å². The van der Waals surface area contributed by atoms with Crippen LogP contribution < -0.4 is 16.8 Å². The van der Waals surface area contributed by atoms with Gasteiger partial charge < -0.3 is 16.8 Å². The zero-order chi connectivity index (χ0) is 15.7. The van der Waals surface area contributed by atoms with Gasteiger partial charge >= 0.3 is 0 Å². The molecular formula is C14H20ClN3O2. The van der Waals surface area contributed by atoms with Crippen molar-refractivity contribution in [2.24, 2.45) is 16.9 Å². The highest BCUT2D eigenvalue weighted by molar-refractivity contribution is 6.34. The second-order valence-electron chi connectivity index (χ2n) is 5.86. The van der Waals surface area contributed by atoms with Crippen molar-refractivity contribution in [3.05, 3.63) is 28.8 Å². The van der Waals surface area contributed by atoms with Gasteiger partial charge in [-0.2, -0.15) is 0 Å². The normalized spacial score (nSPS) is 12.1. The first-order valence-electron chi connectivity index (χ1n) is 6.16. The number of halogens is 1. The van der Waals surface area contributed by atoms with Crippen molar-refractivity contribution in [1.82, 2.24) is 0 Å². The number of anilines is 1. The van der Waals surface area contributed by atoms with E-state index in [-0.39, 0.29) is 11.5 Å². The topological polar surface area (TPSA) is 98.2 Å². The average Bonchev–Trinajstić information content (AvgIpc) is 2.29. The summed E-state index contributed by atoms with van der Waals surface area (Å²) in [6.45, 7) is 7.03. The van der Waals surface area contributed by atoms with Crippen LogP contribution in [-0.4, -0.2) is 17.4 Å². The van der Waals surface area contributed by atoms with Crippen molar-refractivity contribution in [2.45, 2.75) is 33.2 Å². The van der Waals surface area contributed by atoms with Crippen LogP contribution in [0.2, 0.25) is 5.02 Å². The molecule has 110 valence electrons. The zero-order valence-corrected chi connectivity index (χ0v) is 12.8. The summed E-state index contributed by atoms with van der Waals surface area (Å²) in [6.07, 6.45) is 0. The molecule has 0 aromatic heterocycles. The molecule has 1 aromatic rings. The molecule has 1 rings (SSSR count). The number of hydrogen-bond donors (Lipinski definition) is 3. The first kappa shape index (κ1) is 16.5. The SMILES string of the molecule is CC(C)(N)C(C)(C)C(=O)Nc1cc(C(N)=O)ccc1Cl. The molecule has 0 saturated heterocycles. The molecular weight excluding hydrogens is 278 g/mol. The summed E-state index contributed by atoms with van der Waals surface area (Å²) in [6, 6.07) is 4.46. The molecule has 1 aromatic carbocycles. The number of primary amides is 1. The molecule has 0 unspecified atom stereocenters. The second-order valence-corrected chi connectivity index (χ2v) is 6.27. The van der Waals surface area contributed by atoms with Crippen LogP contribution in [0.15, 0.2) is 18.2 Å². The molecule has 0 bridgehead atoms. The molecule has 0 aliphatic rings. The summed E-state index contributed by atoms with van der Waals surface area (Å²) in [4.78, 5) is 23.5. The molecule has 6 heteroatoms. The maximum atomic E-state index is 12.3. The van der Waals surface area contributed by atoms with Crippen molar-refractivity contribution >= 4 is 29.1 Å². The number of amides is 2. The van der Waals surface area contributed by atoms with Crippen LogP contribution in [0.25, 0.3) is 0 Å². The molecule has 20 heavy (non-hydrogen) atoms. The summed E-state index contributed by atoms with van der Waals surface area (Å²) in [5.74, 6) is -0.871. The summed E-state index contributed by atoms with van der Waals surface area (Å²) in [5.41, 5.74) is 10.3. The molecule has 5 nitrogen and oxygen atoms in total.